The van der Waals surface area contributed by atoms with Crippen LogP contribution in [-0.2, 0) is 6.18 Å². The first-order valence-corrected chi connectivity index (χ1v) is 12.1. The molecule has 39 heavy (non-hydrogen) atoms. The molecule has 0 bridgehead atoms. The Morgan fingerprint density at radius 3 is 2.69 bits per heavy atom. The molecule has 3 N–H and O–H groups in total. The van der Waals surface area contributed by atoms with E-state index in [1.807, 2.05) is 6.92 Å². The number of hydrogen-bond acceptors (Lipinski definition) is 8. The van der Waals surface area contributed by atoms with Gasteiger partial charge in [0.1, 0.15) is 35.1 Å². The normalized spacial score (nSPS) is 13.2. The lowest BCUT2D eigenvalue weighted by atomic mass is 10.1. The summed E-state index contributed by atoms with van der Waals surface area (Å²) in [6.07, 6.45) is -3.37. The molecule has 2 aromatic carbocycles. The van der Waals surface area contributed by atoms with E-state index in [4.69, 9.17) is 9.47 Å². The summed E-state index contributed by atoms with van der Waals surface area (Å²) in [6.45, 7) is 3.01. The van der Waals surface area contributed by atoms with Gasteiger partial charge in [-0.05, 0) is 36.8 Å². The van der Waals surface area contributed by atoms with Crippen LogP contribution in [0.3, 0.4) is 0 Å². The van der Waals surface area contributed by atoms with E-state index < -0.39 is 23.5 Å². The van der Waals surface area contributed by atoms with Crippen molar-refractivity contribution >= 4 is 35.0 Å². The zero-order valence-corrected chi connectivity index (χ0v) is 21.5. The topological polar surface area (TPSA) is 118 Å². The molecule has 2 amide bonds. The van der Waals surface area contributed by atoms with E-state index in [0.717, 1.165) is 6.42 Å². The molecule has 0 unspecified atom stereocenters. The minimum atomic E-state index is -4.78. The zero-order valence-electron chi connectivity index (χ0n) is 21.5. The van der Waals surface area contributed by atoms with Gasteiger partial charge in [-0.25, -0.2) is 4.98 Å². The van der Waals surface area contributed by atoms with E-state index in [9.17, 15) is 22.8 Å². The number of fused-ring (bicyclic) bond motifs is 1. The van der Waals surface area contributed by atoms with Gasteiger partial charge in [0.15, 0.2) is 0 Å². The van der Waals surface area contributed by atoms with E-state index in [1.165, 1.54) is 30.2 Å². The first kappa shape index (κ1) is 27.5. The molecule has 10 nitrogen and oxygen atoms in total. The number of alkyl halides is 3. The number of carbonyl (C=O) groups excluding carboxylic acids is 2. The number of likely N-dealkylation sites (N-methyl/N-ethyl adjacent to an activating group) is 1. The van der Waals surface area contributed by atoms with Crippen LogP contribution in [0.25, 0.3) is 0 Å². The summed E-state index contributed by atoms with van der Waals surface area (Å²) < 4.78 is 52.6. The van der Waals surface area contributed by atoms with Gasteiger partial charge in [-0.2, -0.15) is 18.2 Å². The maximum Gasteiger partial charge on any atom is 0.421 e. The van der Waals surface area contributed by atoms with Crippen molar-refractivity contribution in [3.8, 4) is 11.5 Å². The summed E-state index contributed by atoms with van der Waals surface area (Å²) in [5.74, 6) is -0.916. The standard InChI is InChI=1S/C26H27F3N6O4/c1-4-10-30-23(36)15-8-9-17(20(13-15)38-3)33-25-31-14-16(26(27,28)29)22(34-25)32-18-6-5-7-19-21(18)24(37)35(2)11-12-39-19/h5-9,13-14H,4,10-12H2,1-3H3,(H,30,36)(H2,31,32,33,34). The van der Waals surface area contributed by atoms with Crippen molar-refractivity contribution in [3.63, 3.8) is 0 Å². The Hall–Kier alpha value is -4.55. The van der Waals surface area contributed by atoms with E-state index >= 15 is 0 Å². The summed E-state index contributed by atoms with van der Waals surface area (Å²) in [5.41, 5.74) is -0.258. The van der Waals surface area contributed by atoms with Crippen LogP contribution in [0.5, 0.6) is 11.5 Å². The van der Waals surface area contributed by atoms with E-state index in [0.29, 0.717) is 30.5 Å². The number of benzene rings is 2. The molecule has 0 atom stereocenters. The predicted molar refractivity (Wildman–Crippen MR) is 138 cm³/mol. The van der Waals surface area contributed by atoms with Crippen LogP contribution in [0.4, 0.5) is 36.3 Å². The number of aromatic nitrogens is 2. The summed E-state index contributed by atoms with van der Waals surface area (Å²) in [4.78, 5) is 34.6. The monoisotopic (exact) mass is 544 g/mol. The summed E-state index contributed by atoms with van der Waals surface area (Å²) >= 11 is 0. The molecule has 3 aromatic rings. The number of hydrogen-bond donors (Lipinski definition) is 3. The summed E-state index contributed by atoms with van der Waals surface area (Å²) in [7, 11) is 2.98. The number of methoxy groups -OCH3 is 1. The van der Waals surface area contributed by atoms with Crippen LogP contribution < -0.4 is 25.4 Å². The molecule has 1 aromatic heterocycles. The maximum absolute atomic E-state index is 13.9. The number of amides is 2. The van der Waals surface area contributed by atoms with Gasteiger partial charge in [-0.15, -0.1) is 0 Å². The highest BCUT2D eigenvalue weighted by molar-refractivity contribution is 6.03. The van der Waals surface area contributed by atoms with Gasteiger partial charge in [-0.1, -0.05) is 13.0 Å². The van der Waals surface area contributed by atoms with Crippen molar-refractivity contribution in [2.24, 2.45) is 0 Å². The van der Waals surface area contributed by atoms with Gasteiger partial charge in [0.05, 0.1) is 25.0 Å². The fraction of sp³-hybridized carbons (Fsp3) is 0.308. The van der Waals surface area contributed by atoms with Crippen molar-refractivity contribution in [2.75, 3.05) is 44.5 Å². The highest BCUT2D eigenvalue weighted by Gasteiger charge is 2.36. The van der Waals surface area contributed by atoms with Gasteiger partial charge in [0, 0.05) is 25.4 Å². The average Bonchev–Trinajstić information content (AvgIpc) is 3.05. The first-order chi connectivity index (χ1) is 18.6. The number of halogens is 3. The van der Waals surface area contributed by atoms with Crippen molar-refractivity contribution in [1.29, 1.82) is 0 Å². The highest BCUT2D eigenvalue weighted by atomic mass is 19.4. The third kappa shape index (κ3) is 6.13. The molecule has 0 fully saturated rings. The largest absolute Gasteiger partial charge is 0.495 e. The summed E-state index contributed by atoms with van der Waals surface area (Å²) in [6, 6.07) is 9.19. The molecule has 13 heteroatoms. The molecule has 1 aliphatic rings. The summed E-state index contributed by atoms with van der Waals surface area (Å²) in [5, 5.41) is 8.26. The van der Waals surface area contributed by atoms with E-state index in [2.05, 4.69) is 25.9 Å². The number of carbonyl (C=O) groups is 2. The van der Waals surface area contributed by atoms with E-state index in [-0.39, 0.29) is 41.2 Å². The smallest absolute Gasteiger partial charge is 0.421 e. The molecule has 2 heterocycles. The third-order valence-corrected chi connectivity index (χ3v) is 5.86. The fourth-order valence-corrected chi connectivity index (χ4v) is 3.83. The van der Waals surface area contributed by atoms with Gasteiger partial charge < -0.3 is 30.3 Å². The van der Waals surface area contributed by atoms with Crippen LogP contribution in [0.15, 0.2) is 42.6 Å². The minimum Gasteiger partial charge on any atom is -0.495 e. The Morgan fingerprint density at radius 2 is 1.97 bits per heavy atom. The van der Waals surface area contributed by atoms with Gasteiger partial charge in [0.2, 0.25) is 5.95 Å². The van der Waals surface area contributed by atoms with Crippen LogP contribution >= 0.6 is 0 Å². The maximum atomic E-state index is 13.9. The second-order valence-corrected chi connectivity index (χ2v) is 8.63. The molecule has 0 spiro atoms. The average molecular weight is 545 g/mol. The molecular formula is C26H27F3N6O4. The number of rotatable bonds is 8. The van der Waals surface area contributed by atoms with Crippen LogP contribution in [0, 0.1) is 0 Å². The molecule has 0 radical (unpaired) electrons. The van der Waals surface area contributed by atoms with Crippen LogP contribution in [-0.4, -0.2) is 60.5 Å². The van der Waals surface area contributed by atoms with Crippen molar-refractivity contribution in [2.45, 2.75) is 19.5 Å². The molecule has 206 valence electrons. The van der Waals surface area contributed by atoms with Crippen molar-refractivity contribution < 1.29 is 32.2 Å². The van der Waals surface area contributed by atoms with Crippen molar-refractivity contribution in [3.05, 3.63) is 59.3 Å². The molecule has 0 aliphatic carbocycles. The highest BCUT2D eigenvalue weighted by Crippen LogP contribution is 2.38. The number of anilines is 4. The van der Waals surface area contributed by atoms with Crippen LogP contribution in [0.2, 0.25) is 0 Å². The lowest BCUT2D eigenvalue weighted by Crippen LogP contribution is -2.28. The molecule has 1 aliphatic heterocycles. The molecule has 4 rings (SSSR count). The third-order valence-electron chi connectivity index (χ3n) is 5.86. The Bertz CT molecular complexity index is 1380. The molecule has 0 saturated heterocycles. The van der Waals surface area contributed by atoms with Gasteiger partial charge in [-0.3, -0.25) is 9.59 Å². The predicted octanol–water partition coefficient (Wildman–Crippen LogP) is 4.60. The number of nitrogens with one attached hydrogen (secondary N) is 3. The second-order valence-electron chi connectivity index (χ2n) is 8.63. The number of nitrogens with zero attached hydrogens (tertiary/aromatic N) is 3. The quantitative estimate of drug-likeness (QED) is 0.377. The van der Waals surface area contributed by atoms with Crippen LogP contribution in [0.1, 0.15) is 39.6 Å². The lowest BCUT2D eigenvalue weighted by Gasteiger charge is -2.19. The second kappa shape index (κ2) is 11.5. The Kier molecular flexibility index (Phi) is 8.07. The first-order valence-electron chi connectivity index (χ1n) is 12.1. The zero-order chi connectivity index (χ0) is 28.2. The Morgan fingerprint density at radius 1 is 1.18 bits per heavy atom. The minimum absolute atomic E-state index is 0.0948. The van der Waals surface area contributed by atoms with Crippen molar-refractivity contribution in [1.82, 2.24) is 20.2 Å². The SMILES string of the molecule is CCCNC(=O)c1ccc(Nc2ncc(C(F)(F)F)c(Nc3cccc4c3C(=O)N(C)CCO4)n2)c(OC)c1. The van der Waals surface area contributed by atoms with Gasteiger partial charge >= 0.3 is 6.18 Å². The fourth-order valence-electron chi connectivity index (χ4n) is 3.83. The molecular weight excluding hydrogens is 517 g/mol. The van der Waals surface area contributed by atoms with Gasteiger partial charge in [0.25, 0.3) is 11.8 Å². The number of ether oxygens (including phenoxy) is 2. The van der Waals surface area contributed by atoms with E-state index in [1.54, 1.807) is 25.2 Å². The molecule has 0 saturated carbocycles. The Labute approximate surface area is 222 Å². The Balaban J connectivity index is 1.69. The lowest BCUT2D eigenvalue weighted by molar-refractivity contribution is -0.137.